The highest BCUT2D eigenvalue weighted by atomic mass is 16.5. The Morgan fingerprint density at radius 3 is 2.48 bits per heavy atom. The molecule has 2 amide bonds. The number of hydrogen-bond donors (Lipinski definition) is 2. The highest BCUT2D eigenvalue weighted by Crippen LogP contribution is 2.46. The van der Waals surface area contributed by atoms with Crippen LogP contribution in [0.1, 0.15) is 25.5 Å². The molecule has 158 valence electrons. The highest BCUT2D eigenvalue weighted by Gasteiger charge is 2.72. The lowest BCUT2D eigenvalue weighted by atomic mass is 9.79. The van der Waals surface area contributed by atoms with E-state index in [0.29, 0.717) is 17.1 Å². The number of fused-ring (bicyclic) bond motifs is 1. The fourth-order valence-corrected chi connectivity index (χ4v) is 4.55. The molecule has 9 heteroatoms. The number of likely N-dealkylation sites (tertiary alicyclic amines) is 1. The van der Waals surface area contributed by atoms with Crippen molar-refractivity contribution in [2.45, 2.75) is 25.4 Å². The van der Waals surface area contributed by atoms with Gasteiger partial charge >= 0.3 is 5.97 Å². The van der Waals surface area contributed by atoms with Gasteiger partial charge in [-0.2, -0.15) is 0 Å². The topological polar surface area (TPSA) is 119 Å². The summed E-state index contributed by atoms with van der Waals surface area (Å²) in [6.45, 7) is 3.01. The van der Waals surface area contributed by atoms with Gasteiger partial charge in [-0.05, 0) is 32.0 Å². The first kappa shape index (κ1) is 21.1. The van der Waals surface area contributed by atoms with E-state index in [-0.39, 0.29) is 19.1 Å². The number of aliphatic hydroxyl groups excluding tert-OH is 1. The zero-order chi connectivity index (χ0) is 21.3. The van der Waals surface area contributed by atoms with Crippen molar-refractivity contribution < 1.29 is 39.0 Å². The second kappa shape index (κ2) is 8.00. The molecule has 0 radical (unpaired) electrons. The lowest BCUT2D eigenvalue weighted by Gasteiger charge is -2.27. The van der Waals surface area contributed by atoms with E-state index in [2.05, 4.69) is 0 Å². The van der Waals surface area contributed by atoms with Gasteiger partial charge in [0, 0.05) is 6.54 Å². The SMILES string of the molecule is CCOC(=O)[C@]1(CO)[NH2+][C@@H](c2cc(OC)ccc2OC)[C@H]2C(=O)N(CC)C(=O)[C@H]21. The van der Waals surface area contributed by atoms with Crippen molar-refractivity contribution in [1.82, 2.24) is 4.90 Å². The number of quaternary nitrogens is 1. The van der Waals surface area contributed by atoms with Crippen LogP contribution in [0, 0.1) is 11.8 Å². The molecule has 29 heavy (non-hydrogen) atoms. The fraction of sp³-hybridized carbons (Fsp3) is 0.550. The van der Waals surface area contributed by atoms with E-state index in [9.17, 15) is 19.5 Å². The first-order valence-electron chi connectivity index (χ1n) is 9.61. The Morgan fingerprint density at radius 1 is 1.21 bits per heavy atom. The van der Waals surface area contributed by atoms with Crippen LogP contribution in [0.25, 0.3) is 0 Å². The van der Waals surface area contributed by atoms with Crippen LogP contribution in [0.2, 0.25) is 0 Å². The van der Waals surface area contributed by atoms with Crippen LogP contribution in [0.3, 0.4) is 0 Å². The predicted molar refractivity (Wildman–Crippen MR) is 100 cm³/mol. The minimum atomic E-state index is -1.60. The largest absolute Gasteiger partial charge is 0.497 e. The molecule has 0 aliphatic carbocycles. The maximum atomic E-state index is 13.1. The number of nitrogens with zero attached hydrogens (tertiary/aromatic N) is 1. The molecule has 0 spiro atoms. The van der Waals surface area contributed by atoms with Gasteiger partial charge in [0.25, 0.3) is 0 Å². The Kier molecular flexibility index (Phi) is 5.81. The van der Waals surface area contributed by atoms with Crippen molar-refractivity contribution >= 4 is 17.8 Å². The van der Waals surface area contributed by atoms with Crippen LogP contribution in [0.15, 0.2) is 18.2 Å². The van der Waals surface area contributed by atoms with Gasteiger partial charge in [0.2, 0.25) is 17.4 Å². The summed E-state index contributed by atoms with van der Waals surface area (Å²) in [5.74, 6) is -2.36. The van der Waals surface area contributed by atoms with E-state index in [0.717, 1.165) is 4.90 Å². The molecule has 2 aliphatic heterocycles. The third kappa shape index (κ3) is 3.05. The Balaban J connectivity index is 2.18. The third-order valence-corrected chi connectivity index (χ3v) is 5.89. The van der Waals surface area contributed by atoms with E-state index >= 15 is 0 Å². The summed E-state index contributed by atoms with van der Waals surface area (Å²) >= 11 is 0. The van der Waals surface area contributed by atoms with E-state index in [1.54, 1.807) is 37.4 Å². The quantitative estimate of drug-likeness (QED) is 0.450. The first-order chi connectivity index (χ1) is 13.9. The summed E-state index contributed by atoms with van der Waals surface area (Å²) in [5, 5.41) is 11.8. The molecule has 0 bridgehead atoms. The molecule has 0 aromatic heterocycles. The Bertz CT molecular complexity index is 827. The molecule has 9 nitrogen and oxygen atoms in total. The van der Waals surface area contributed by atoms with E-state index in [1.165, 1.54) is 14.2 Å². The molecule has 1 aromatic rings. The van der Waals surface area contributed by atoms with Crippen molar-refractivity contribution in [3.63, 3.8) is 0 Å². The van der Waals surface area contributed by atoms with Crippen molar-refractivity contribution in [3.8, 4) is 11.5 Å². The van der Waals surface area contributed by atoms with Gasteiger partial charge in [-0.3, -0.25) is 14.5 Å². The number of benzene rings is 1. The van der Waals surface area contributed by atoms with Crippen LogP contribution in [-0.2, 0) is 19.1 Å². The number of methoxy groups -OCH3 is 2. The average molecular weight is 407 g/mol. The van der Waals surface area contributed by atoms with Gasteiger partial charge in [0.1, 0.15) is 36.0 Å². The van der Waals surface area contributed by atoms with Gasteiger partial charge in [-0.25, -0.2) is 4.79 Å². The summed E-state index contributed by atoms with van der Waals surface area (Å²) in [7, 11) is 3.02. The lowest BCUT2D eigenvalue weighted by molar-refractivity contribution is -0.735. The molecule has 2 aliphatic rings. The van der Waals surface area contributed by atoms with Crippen molar-refractivity contribution in [3.05, 3.63) is 23.8 Å². The summed E-state index contributed by atoms with van der Waals surface area (Å²) < 4.78 is 16.0. The standard InChI is InChI=1S/C20H26N2O7/c1-5-22-17(24)14-15(18(22)25)20(10-23,19(26)29-6-2)21-16(14)12-9-11(27-3)7-8-13(12)28-4/h7-9,14-16,21,23H,5-6,10H2,1-4H3/p+1/t14-,15-,16-,20+/m0/s1. The summed E-state index contributed by atoms with van der Waals surface area (Å²) in [4.78, 5) is 40.2. The molecule has 3 N–H and O–H groups in total. The third-order valence-electron chi connectivity index (χ3n) is 5.89. The summed E-state index contributed by atoms with van der Waals surface area (Å²) in [6, 6.07) is 4.52. The van der Waals surface area contributed by atoms with Crippen LogP contribution < -0.4 is 14.8 Å². The normalized spacial score (nSPS) is 28.4. The number of amides is 2. The predicted octanol–water partition coefficient (Wildman–Crippen LogP) is -0.763. The van der Waals surface area contributed by atoms with Gasteiger partial charge in [0.05, 0.1) is 26.4 Å². The smallest absolute Gasteiger partial charge is 0.371 e. The number of esters is 1. The molecule has 2 saturated heterocycles. The molecule has 2 heterocycles. The van der Waals surface area contributed by atoms with E-state index in [1.807, 2.05) is 0 Å². The maximum Gasteiger partial charge on any atom is 0.371 e. The number of carbonyl (C=O) groups is 3. The molecule has 4 atom stereocenters. The van der Waals surface area contributed by atoms with Crippen LogP contribution >= 0.6 is 0 Å². The van der Waals surface area contributed by atoms with Crippen LogP contribution in [0.4, 0.5) is 0 Å². The van der Waals surface area contributed by atoms with Gasteiger partial charge in [0.15, 0.2) is 0 Å². The van der Waals surface area contributed by atoms with E-state index < -0.39 is 41.9 Å². The second-order valence-electron chi connectivity index (χ2n) is 7.14. The minimum Gasteiger partial charge on any atom is -0.497 e. The fourth-order valence-electron chi connectivity index (χ4n) is 4.55. The summed E-state index contributed by atoms with van der Waals surface area (Å²) in [6.07, 6.45) is 0. The zero-order valence-electron chi connectivity index (χ0n) is 17.0. The number of carbonyl (C=O) groups excluding carboxylic acids is 3. The summed E-state index contributed by atoms with van der Waals surface area (Å²) in [5.41, 5.74) is -0.989. The molecule has 0 unspecified atom stereocenters. The Labute approximate surface area is 168 Å². The number of rotatable bonds is 7. The number of imide groups is 1. The molecule has 1 aromatic carbocycles. The number of aliphatic hydroxyl groups is 1. The van der Waals surface area contributed by atoms with E-state index in [4.69, 9.17) is 14.2 Å². The minimum absolute atomic E-state index is 0.0958. The van der Waals surface area contributed by atoms with Gasteiger partial charge in [-0.1, -0.05) is 0 Å². The monoisotopic (exact) mass is 407 g/mol. The molecule has 2 fully saturated rings. The molecule has 0 saturated carbocycles. The van der Waals surface area contributed by atoms with Crippen molar-refractivity contribution in [2.75, 3.05) is 34.0 Å². The van der Waals surface area contributed by atoms with Crippen molar-refractivity contribution in [1.29, 1.82) is 0 Å². The molecule has 3 rings (SSSR count). The first-order valence-corrected chi connectivity index (χ1v) is 9.61. The number of ether oxygens (including phenoxy) is 3. The second-order valence-corrected chi connectivity index (χ2v) is 7.14. The van der Waals surface area contributed by atoms with Gasteiger partial charge in [-0.15, -0.1) is 0 Å². The van der Waals surface area contributed by atoms with Crippen molar-refractivity contribution in [2.24, 2.45) is 11.8 Å². The Hall–Kier alpha value is -2.65. The average Bonchev–Trinajstić information content (AvgIpc) is 3.21. The number of hydrogen-bond acceptors (Lipinski definition) is 7. The Morgan fingerprint density at radius 2 is 1.93 bits per heavy atom. The highest BCUT2D eigenvalue weighted by molar-refractivity contribution is 6.08. The maximum absolute atomic E-state index is 13.1. The zero-order valence-corrected chi connectivity index (χ0v) is 17.0. The van der Waals surface area contributed by atoms with Gasteiger partial charge < -0.3 is 24.6 Å². The van der Waals surface area contributed by atoms with Crippen LogP contribution in [-0.4, -0.2) is 67.3 Å². The van der Waals surface area contributed by atoms with Crippen LogP contribution in [0.5, 0.6) is 11.5 Å². The molecular weight excluding hydrogens is 380 g/mol. The number of nitrogens with two attached hydrogens (primary N) is 1. The lowest BCUT2D eigenvalue weighted by Crippen LogP contribution is -2.99. The molecular formula is C20H27N2O7+.